The van der Waals surface area contributed by atoms with Crippen LogP contribution >= 0.6 is 0 Å². The zero-order chi connectivity index (χ0) is 13.1. The quantitative estimate of drug-likeness (QED) is 0.885. The zero-order valence-corrected chi connectivity index (χ0v) is 11.3. The molecule has 1 aromatic carbocycles. The van der Waals surface area contributed by atoms with Crippen molar-refractivity contribution < 1.29 is 9.53 Å². The van der Waals surface area contributed by atoms with Gasteiger partial charge in [0.05, 0.1) is 7.11 Å². The van der Waals surface area contributed by atoms with Crippen molar-refractivity contribution in [3.05, 3.63) is 29.3 Å². The molecule has 98 valence electrons. The largest absolute Gasteiger partial charge is 0.496 e. The van der Waals surface area contributed by atoms with Crippen LogP contribution in [0.25, 0.3) is 0 Å². The molecule has 1 aromatic rings. The molecule has 1 aliphatic heterocycles. The van der Waals surface area contributed by atoms with Gasteiger partial charge in [-0.05, 0) is 32.9 Å². The van der Waals surface area contributed by atoms with Crippen LogP contribution in [0.5, 0.6) is 5.75 Å². The van der Waals surface area contributed by atoms with Crippen molar-refractivity contribution in [1.29, 1.82) is 0 Å². The molecule has 1 heterocycles. The van der Waals surface area contributed by atoms with Gasteiger partial charge in [0.25, 0.3) is 0 Å². The van der Waals surface area contributed by atoms with Crippen LogP contribution in [0, 0.1) is 12.8 Å². The fourth-order valence-electron chi connectivity index (χ4n) is 2.66. The predicted molar refractivity (Wildman–Crippen MR) is 72.0 cm³/mol. The number of carbonyl (C=O) groups excluding carboxylic acids is 1. The lowest BCUT2D eigenvalue weighted by molar-refractivity contribution is -0.122. The Morgan fingerprint density at radius 3 is 2.89 bits per heavy atom. The number of Topliss-reactive ketones (excluding diaryl/α,β-unsaturated/α-hetero) is 1. The number of nitrogens with one attached hydrogen (secondary N) is 1. The molecule has 2 atom stereocenters. The predicted octanol–water partition coefficient (Wildman–Crippen LogP) is 2.11. The molecule has 3 nitrogen and oxygen atoms in total. The molecule has 0 radical (unpaired) electrons. The van der Waals surface area contributed by atoms with Crippen LogP contribution in [0.2, 0.25) is 0 Å². The van der Waals surface area contributed by atoms with E-state index in [1.165, 1.54) is 0 Å². The van der Waals surface area contributed by atoms with E-state index in [1.807, 2.05) is 25.1 Å². The van der Waals surface area contributed by atoms with E-state index >= 15 is 0 Å². The molecule has 18 heavy (non-hydrogen) atoms. The summed E-state index contributed by atoms with van der Waals surface area (Å²) in [6.45, 7) is 5.07. The van der Waals surface area contributed by atoms with Crippen molar-refractivity contribution in [2.24, 2.45) is 5.92 Å². The smallest absolute Gasteiger partial charge is 0.142 e. The van der Waals surface area contributed by atoms with Gasteiger partial charge in [-0.1, -0.05) is 17.7 Å². The highest BCUT2D eigenvalue weighted by atomic mass is 16.5. The Morgan fingerprint density at radius 1 is 1.50 bits per heavy atom. The Balaban J connectivity index is 2.13. The highest BCUT2D eigenvalue weighted by molar-refractivity contribution is 5.84. The Kier molecular flexibility index (Phi) is 4.02. The zero-order valence-electron chi connectivity index (χ0n) is 11.3. The lowest BCUT2D eigenvalue weighted by Gasteiger charge is -2.15. The lowest BCUT2D eigenvalue weighted by Crippen LogP contribution is -2.29. The highest BCUT2D eigenvalue weighted by Crippen LogP contribution is 2.24. The third-order valence-electron chi connectivity index (χ3n) is 3.74. The molecule has 1 fully saturated rings. The van der Waals surface area contributed by atoms with Crippen LogP contribution in [0.1, 0.15) is 24.5 Å². The summed E-state index contributed by atoms with van der Waals surface area (Å²) in [6, 6.07) is 6.29. The standard InChI is InChI=1S/C15H21NO2/c1-10-4-5-15(18-3)12(8-10)9-14(17)13-6-7-16-11(13)2/h4-5,8,11,13,16H,6-7,9H2,1-3H3. The molecule has 2 rings (SSSR count). The topological polar surface area (TPSA) is 38.3 Å². The van der Waals surface area contributed by atoms with Crippen LogP contribution in [-0.4, -0.2) is 25.5 Å². The maximum atomic E-state index is 12.3. The van der Waals surface area contributed by atoms with Crippen LogP contribution in [-0.2, 0) is 11.2 Å². The van der Waals surface area contributed by atoms with E-state index < -0.39 is 0 Å². The molecular formula is C15H21NO2. The maximum Gasteiger partial charge on any atom is 0.142 e. The number of aryl methyl sites for hydroxylation is 1. The number of methoxy groups -OCH3 is 1. The Morgan fingerprint density at radius 2 is 2.28 bits per heavy atom. The molecule has 2 unspecified atom stereocenters. The van der Waals surface area contributed by atoms with Crippen molar-refractivity contribution in [1.82, 2.24) is 5.32 Å². The van der Waals surface area contributed by atoms with Gasteiger partial charge in [-0.15, -0.1) is 0 Å². The third kappa shape index (κ3) is 2.72. The Labute approximate surface area is 109 Å². The van der Waals surface area contributed by atoms with Crippen molar-refractivity contribution in [2.75, 3.05) is 13.7 Å². The van der Waals surface area contributed by atoms with E-state index in [2.05, 4.69) is 12.2 Å². The first-order valence-corrected chi connectivity index (χ1v) is 6.51. The molecule has 0 spiro atoms. The number of carbonyl (C=O) groups is 1. The molecule has 1 aliphatic rings. The number of rotatable bonds is 4. The van der Waals surface area contributed by atoms with E-state index in [4.69, 9.17) is 4.74 Å². The van der Waals surface area contributed by atoms with Crippen molar-refractivity contribution in [3.63, 3.8) is 0 Å². The summed E-state index contributed by atoms with van der Waals surface area (Å²) in [5, 5.41) is 3.32. The maximum absolute atomic E-state index is 12.3. The van der Waals surface area contributed by atoms with Gasteiger partial charge in [0.15, 0.2) is 0 Å². The van der Waals surface area contributed by atoms with Gasteiger partial charge in [0.2, 0.25) is 0 Å². The molecule has 0 aromatic heterocycles. The first-order valence-electron chi connectivity index (χ1n) is 6.51. The number of benzene rings is 1. The molecule has 1 saturated heterocycles. The third-order valence-corrected chi connectivity index (χ3v) is 3.74. The first-order chi connectivity index (χ1) is 8.61. The monoisotopic (exact) mass is 247 g/mol. The summed E-state index contributed by atoms with van der Waals surface area (Å²) in [5.74, 6) is 1.28. The van der Waals surface area contributed by atoms with Gasteiger partial charge in [-0.2, -0.15) is 0 Å². The van der Waals surface area contributed by atoms with Crippen molar-refractivity contribution in [3.8, 4) is 5.75 Å². The molecule has 1 N–H and O–H groups in total. The van der Waals surface area contributed by atoms with E-state index in [0.717, 1.165) is 29.8 Å². The second kappa shape index (κ2) is 5.53. The highest BCUT2D eigenvalue weighted by Gasteiger charge is 2.29. The van der Waals surface area contributed by atoms with E-state index in [9.17, 15) is 4.79 Å². The molecule has 0 bridgehead atoms. The fraction of sp³-hybridized carbons (Fsp3) is 0.533. The summed E-state index contributed by atoms with van der Waals surface area (Å²) in [4.78, 5) is 12.3. The van der Waals surface area contributed by atoms with E-state index in [0.29, 0.717) is 18.2 Å². The van der Waals surface area contributed by atoms with Crippen LogP contribution in [0.4, 0.5) is 0 Å². The van der Waals surface area contributed by atoms with Gasteiger partial charge < -0.3 is 10.1 Å². The van der Waals surface area contributed by atoms with Crippen LogP contribution in [0.3, 0.4) is 0 Å². The minimum atomic E-state index is 0.148. The summed E-state index contributed by atoms with van der Waals surface area (Å²) < 4.78 is 5.32. The minimum absolute atomic E-state index is 0.148. The molecule has 0 aliphatic carbocycles. The SMILES string of the molecule is COc1ccc(C)cc1CC(=O)C1CCNC1C. The van der Waals surface area contributed by atoms with E-state index in [1.54, 1.807) is 7.11 Å². The van der Waals surface area contributed by atoms with E-state index in [-0.39, 0.29) is 5.92 Å². The second-order valence-electron chi connectivity index (χ2n) is 5.10. The Bertz CT molecular complexity index is 442. The average molecular weight is 247 g/mol. The first kappa shape index (κ1) is 13.1. The van der Waals surface area contributed by atoms with Gasteiger partial charge >= 0.3 is 0 Å². The molecular weight excluding hydrogens is 226 g/mol. The fourth-order valence-corrected chi connectivity index (χ4v) is 2.66. The summed E-state index contributed by atoms with van der Waals surface area (Å²) in [7, 11) is 1.65. The number of hydrogen-bond acceptors (Lipinski definition) is 3. The normalized spacial score (nSPS) is 23.1. The summed E-state index contributed by atoms with van der Waals surface area (Å²) in [5.41, 5.74) is 2.16. The summed E-state index contributed by atoms with van der Waals surface area (Å²) in [6.07, 6.45) is 1.43. The average Bonchev–Trinajstić information content (AvgIpc) is 2.76. The lowest BCUT2D eigenvalue weighted by atomic mass is 9.92. The van der Waals surface area contributed by atoms with Crippen LogP contribution < -0.4 is 10.1 Å². The minimum Gasteiger partial charge on any atom is -0.496 e. The van der Waals surface area contributed by atoms with Crippen LogP contribution in [0.15, 0.2) is 18.2 Å². The van der Waals surface area contributed by atoms with Crippen molar-refractivity contribution in [2.45, 2.75) is 32.7 Å². The summed E-state index contributed by atoms with van der Waals surface area (Å²) >= 11 is 0. The molecule has 0 amide bonds. The van der Waals surface area contributed by atoms with Gasteiger partial charge in [0.1, 0.15) is 11.5 Å². The number of ketones is 1. The number of hydrogen-bond donors (Lipinski definition) is 1. The van der Waals surface area contributed by atoms with Gasteiger partial charge in [0, 0.05) is 23.9 Å². The second-order valence-corrected chi connectivity index (χ2v) is 5.10. The van der Waals surface area contributed by atoms with Gasteiger partial charge in [-0.25, -0.2) is 0 Å². The molecule has 3 heteroatoms. The number of ether oxygens (including phenoxy) is 1. The molecule has 0 saturated carbocycles. The van der Waals surface area contributed by atoms with Gasteiger partial charge in [-0.3, -0.25) is 4.79 Å². The Hall–Kier alpha value is -1.35. The van der Waals surface area contributed by atoms with Crippen molar-refractivity contribution >= 4 is 5.78 Å².